The molecule has 1 heterocycles. The van der Waals surface area contributed by atoms with Crippen LogP contribution in [-0.4, -0.2) is 4.98 Å². The number of hydrogen-bond donors (Lipinski definition) is 1. The summed E-state index contributed by atoms with van der Waals surface area (Å²) in [6.07, 6.45) is 1.55. The summed E-state index contributed by atoms with van der Waals surface area (Å²) in [5.41, 5.74) is 8.60. The van der Waals surface area contributed by atoms with Crippen molar-refractivity contribution in [3.8, 4) is 17.7 Å². The van der Waals surface area contributed by atoms with Crippen molar-refractivity contribution < 1.29 is 4.74 Å². The molecule has 2 rings (SSSR count). The number of benzene rings is 1. The molecular weight excluding hydrogens is 226 g/mol. The number of nitrogens with two attached hydrogens (primary N) is 1. The predicted octanol–water partition coefficient (Wildman–Crippen LogP) is 2.94. The molecule has 2 aromatic rings. The van der Waals surface area contributed by atoms with Gasteiger partial charge >= 0.3 is 0 Å². The van der Waals surface area contributed by atoms with Gasteiger partial charge in [-0.25, -0.2) is 4.98 Å². The molecule has 0 spiro atoms. The zero-order valence-electron chi connectivity index (χ0n) is 10.3. The van der Waals surface area contributed by atoms with Gasteiger partial charge in [0.2, 0.25) is 5.88 Å². The average molecular weight is 239 g/mol. The van der Waals surface area contributed by atoms with E-state index in [4.69, 9.17) is 15.7 Å². The first-order valence-corrected chi connectivity index (χ1v) is 5.51. The summed E-state index contributed by atoms with van der Waals surface area (Å²) >= 11 is 0. The number of nitrogen functional groups attached to an aromatic ring is 1. The second-order valence-corrected chi connectivity index (χ2v) is 4.08. The van der Waals surface area contributed by atoms with Crippen molar-refractivity contribution in [1.29, 1.82) is 5.26 Å². The van der Waals surface area contributed by atoms with Crippen molar-refractivity contribution >= 4 is 5.69 Å². The second kappa shape index (κ2) is 4.76. The van der Waals surface area contributed by atoms with Crippen molar-refractivity contribution in [2.75, 3.05) is 5.73 Å². The molecule has 1 aromatic carbocycles. The third-order valence-electron chi connectivity index (χ3n) is 2.58. The third-order valence-corrected chi connectivity index (χ3v) is 2.58. The summed E-state index contributed by atoms with van der Waals surface area (Å²) in [5, 5.41) is 8.87. The van der Waals surface area contributed by atoms with E-state index in [1.807, 2.05) is 19.9 Å². The van der Waals surface area contributed by atoms with Gasteiger partial charge in [0, 0.05) is 5.56 Å². The molecule has 0 aliphatic carbocycles. The molecule has 0 aliphatic heterocycles. The van der Waals surface area contributed by atoms with E-state index in [1.165, 1.54) is 0 Å². The van der Waals surface area contributed by atoms with Crippen LogP contribution in [0.4, 0.5) is 5.69 Å². The van der Waals surface area contributed by atoms with Crippen LogP contribution in [0.3, 0.4) is 0 Å². The quantitative estimate of drug-likeness (QED) is 0.874. The van der Waals surface area contributed by atoms with E-state index in [0.29, 0.717) is 22.9 Å². The molecule has 18 heavy (non-hydrogen) atoms. The summed E-state index contributed by atoms with van der Waals surface area (Å²) in [6.45, 7) is 3.80. The molecule has 0 atom stereocenters. The minimum atomic E-state index is 0.502. The Morgan fingerprint density at radius 1 is 1.22 bits per heavy atom. The molecule has 90 valence electrons. The maximum Gasteiger partial charge on any atom is 0.222 e. The zero-order chi connectivity index (χ0) is 13.1. The molecule has 0 unspecified atom stereocenters. The van der Waals surface area contributed by atoms with Gasteiger partial charge in [-0.1, -0.05) is 6.07 Å². The highest BCUT2D eigenvalue weighted by molar-refractivity contribution is 5.46. The third kappa shape index (κ3) is 2.41. The van der Waals surface area contributed by atoms with E-state index >= 15 is 0 Å². The van der Waals surface area contributed by atoms with Crippen LogP contribution < -0.4 is 10.5 Å². The van der Waals surface area contributed by atoms with Crippen LogP contribution in [-0.2, 0) is 0 Å². The van der Waals surface area contributed by atoms with Gasteiger partial charge in [0.25, 0.3) is 0 Å². The molecule has 1 aromatic heterocycles. The molecule has 0 amide bonds. The molecule has 2 N–H and O–H groups in total. The van der Waals surface area contributed by atoms with Crippen LogP contribution >= 0.6 is 0 Å². The number of nitriles is 1. The molecule has 0 radical (unpaired) electrons. The topological polar surface area (TPSA) is 71.9 Å². The maximum absolute atomic E-state index is 8.87. The first-order chi connectivity index (χ1) is 8.60. The fourth-order valence-corrected chi connectivity index (χ4v) is 1.57. The van der Waals surface area contributed by atoms with Gasteiger partial charge in [0.1, 0.15) is 5.75 Å². The highest BCUT2D eigenvalue weighted by Crippen LogP contribution is 2.27. The molecule has 4 nitrogen and oxygen atoms in total. The highest BCUT2D eigenvalue weighted by atomic mass is 16.5. The second-order valence-electron chi connectivity index (χ2n) is 4.08. The lowest BCUT2D eigenvalue weighted by molar-refractivity contribution is 0.455. The molecule has 0 aliphatic rings. The lowest BCUT2D eigenvalue weighted by Gasteiger charge is -2.10. The summed E-state index contributed by atoms with van der Waals surface area (Å²) in [4.78, 5) is 4.14. The monoisotopic (exact) mass is 239 g/mol. The van der Waals surface area contributed by atoms with Crippen LogP contribution in [0.25, 0.3) is 0 Å². The van der Waals surface area contributed by atoms with Gasteiger partial charge in [-0.05, 0) is 37.6 Å². The fourth-order valence-electron chi connectivity index (χ4n) is 1.57. The Labute approximate surface area is 106 Å². The Kier molecular flexibility index (Phi) is 3.16. The van der Waals surface area contributed by atoms with E-state index in [9.17, 15) is 0 Å². The van der Waals surface area contributed by atoms with Crippen LogP contribution in [0.1, 0.15) is 16.7 Å². The van der Waals surface area contributed by atoms with Gasteiger partial charge in [0.05, 0.1) is 23.5 Å². The number of nitrogens with zero attached hydrogens (tertiary/aromatic N) is 2. The van der Waals surface area contributed by atoms with E-state index < -0.39 is 0 Å². The van der Waals surface area contributed by atoms with E-state index in [0.717, 1.165) is 11.1 Å². The number of aromatic nitrogens is 1. The summed E-state index contributed by atoms with van der Waals surface area (Å²) in [5.74, 6) is 1.14. The molecule has 0 bridgehead atoms. The van der Waals surface area contributed by atoms with Crippen LogP contribution in [0.15, 0.2) is 30.5 Å². The lowest BCUT2D eigenvalue weighted by Crippen LogP contribution is -1.95. The predicted molar refractivity (Wildman–Crippen MR) is 69.4 cm³/mol. The van der Waals surface area contributed by atoms with Crippen molar-refractivity contribution in [2.24, 2.45) is 0 Å². The molecular formula is C14H13N3O. The Bertz CT molecular complexity index is 629. The number of pyridine rings is 1. The van der Waals surface area contributed by atoms with E-state index in [2.05, 4.69) is 11.1 Å². The molecule has 0 saturated carbocycles. The van der Waals surface area contributed by atoms with Gasteiger partial charge in [-0.3, -0.25) is 0 Å². The molecule has 4 heteroatoms. The zero-order valence-corrected chi connectivity index (χ0v) is 10.3. The van der Waals surface area contributed by atoms with Crippen molar-refractivity contribution in [1.82, 2.24) is 4.98 Å². The molecule has 0 fully saturated rings. The number of rotatable bonds is 2. The van der Waals surface area contributed by atoms with Gasteiger partial charge in [0.15, 0.2) is 0 Å². The number of anilines is 1. The Balaban J connectivity index is 2.37. The van der Waals surface area contributed by atoms with Crippen LogP contribution in [0, 0.1) is 25.2 Å². The minimum Gasteiger partial charge on any atom is -0.438 e. The first kappa shape index (κ1) is 11.9. The summed E-state index contributed by atoms with van der Waals surface area (Å²) in [6, 6.07) is 9.19. The number of hydrogen-bond acceptors (Lipinski definition) is 4. The van der Waals surface area contributed by atoms with E-state index in [-0.39, 0.29) is 0 Å². The number of aryl methyl sites for hydroxylation is 2. The van der Waals surface area contributed by atoms with Gasteiger partial charge < -0.3 is 10.5 Å². The van der Waals surface area contributed by atoms with Gasteiger partial charge in [-0.15, -0.1) is 0 Å². The SMILES string of the molecule is Cc1ccc(C#N)cc1Oc1ncc(N)cc1C. The van der Waals surface area contributed by atoms with Crippen LogP contribution in [0.2, 0.25) is 0 Å². The van der Waals surface area contributed by atoms with Crippen LogP contribution in [0.5, 0.6) is 11.6 Å². The minimum absolute atomic E-state index is 0.502. The fraction of sp³-hybridized carbons (Fsp3) is 0.143. The Morgan fingerprint density at radius 3 is 2.67 bits per heavy atom. The Hall–Kier alpha value is -2.54. The number of ether oxygens (including phenoxy) is 1. The van der Waals surface area contributed by atoms with Crippen molar-refractivity contribution in [3.63, 3.8) is 0 Å². The largest absolute Gasteiger partial charge is 0.438 e. The van der Waals surface area contributed by atoms with Gasteiger partial charge in [-0.2, -0.15) is 5.26 Å². The van der Waals surface area contributed by atoms with E-state index in [1.54, 1.807) is 24.4 Å². The molecule has 0 saturated heterocycles. The lowest BCUT2D eigenvalue weighted by atomic mass is 10.1. The van der Waals surface area contributed by atoms with Crippen molar-refractivity contribution in [3.05, 3.63) is 47.2 Å². The first-order valence-electron chi connectivity index (χ1n) is 5.51. The van der Waals surface area contributed by atoms with Crippen molar-refractivity contribution in [2.45, 2.75) is 13.8 Å². The smallest absolute Gasteiger partial charge is 0.222 e. The maximum atomic E-state index is 8.87. The highest BCUT2D eigenvalue weighted by Gasteiger charge is 2.07. The average Bonchev–Trinajstić information content (AvgIpc) is 2.35. The summed E-state index contributed by atoms with van der Waals surface area (Å²) in [7, 11) is 0. The standard InChI is InChI=1S/C14H13N3O/c1-9-3-4-11(7-15)6-13(9)18-14-10(2)5-12(16)8-17-14/h3-6,8H,16H2,1-2H3. The normalized spacial score (nSPS) is 9.83. The summed E-state index contributed by atoms with van der Waals surface area (Å²) < 4.78 is 5.72. The Morgan fingerprint density at radius 2 is 2.00 bits per heavy atom.